The molecule has 0 saturated carbocycles. The van der Waals surface area contributed by atoms with Crippen molar-refractivity contribution in [1.29, 1.82) is 0 Å². The van der Waals surface area contributed by atoms with E-state index in [9.17, 15) is 17.2 Å². The number of hydrogen-bond donors (Lipinski definition) is 0. The first-order valence-electron chi connectivity index (χ1n) is 10.6. The van der Waals surface area contributed by atoms with Gasteiger partial charge in [0, 0.05) is 49.4 Å². The second-order valence-electron chi connectivity index (χ2n) is 7.66. The Hall–Kier alpha value is -2.62. The highest BCUT2D eigenvalue weighted by Gasteiger charge is 2.29. The number of hydrogen-bond acceptors (Lipinski definition) is 5. The van der Waals surface area contributed by atoms with Crippen LogP contribution >= 0.6 is 0 Å². The third-order valence-electron chi connectivity index (χ3n) is 5.57. The standard InChI is InChI=1S/C23H25F2N3O3S/c1-2-31-21-8-9-22(19-5-3-10-26-23(19)21)32(29,30)28-12-4-11-27(13-14-28)16-17-6-7-18(24)15-20(17)25/h3,5-10,15H,2,4,11-14,16H2,1H3. The third-order valence-corrected chi connectivity index (χ3v) is 7.52. The molecule has 0 amide bonds. The average Bonchev–Trinajstić information content (AvgIpc) is 3.02. The van der Waals surface area contributed by atoms with Gasteiger partial charge in [-0.1, -0.05) is 6.07 Å². The molecule has 1 aromatic heterocycles. The highest BCUT2D eigenvalue weighted by molar-refractivity contribution is 7.89. The minimum Gasteiger partial charge on any atom is -0.492 e. The van der Waals surface area contributed by atoms with E-state index in [0.717, 1.165) is 6.07 Å². The van der Waals surface area contributed by atoms with Crippen LogP contribution in [-0.2, 0) is 16.6 Å². The van der Waals surface area contributed by atoms with Gasteiger partial charge in [0.15, 0.2) is 0 Å². The van der Waals surface area contributed by atoms with Crippen molar-refractivity contribution in [1.82, 2.24) is 14.2 Å². The van der Waals surface area contributed by atoms with Crippen LogP contribution in [0.1, 0.15) is 18.9 Å². The van der Waals surface area contributed by atoms with Gasteiger partial charge in [0.05, 0.1) is 11.5 Å². The molecule has 2 heterocycles. The van der Waals surface area contributed by atoms with Gasteiger partial charge in [-0.2, -0.15) is 4.31 Å². The zero-order valence-electron chi connectivity index (χ0n) is 17.8. The molecule has 0 N–H and O–H groups in total. The highest BCUT2D eigenvalue weighted by Crippen LogP contribution is 2.31. The predicted molar refractivity (Wildman–Crippen MR) is 118 cm³/mol. The Morgan fingerprint density at radius 2 is 1.91 bits per heavy atom. The predicted octanol–water partition coefficient (Wildman–Crippen LogP) is 3.81. The van der Waals surface area contributed by atoms with Gasteiger partial charge in [-0.05, 0) is 50.2 Å². The van der Waals surface area contributed by atoms with E-state index in [1.54, 1.807) is 30.5 Å². The molecule has 0 bridgehead atoms. The summed E-state index contributed by atoms with van der Waals surface area (Å²) in [5.74, 6) is -0.658. The Bertz CT molecular complexity index is 1220. The van der Waals surface area contributed by atoms with E-state index in [4.69, 9.17) is 4.74 Å². The normalized spacial score (nSPS) is 16.2. The molecule has 6 nitrogen and oxygen atoms in total. The summed E-state index contributed by atoms with van der Waals surface area (Å²) in [6, 6.07) is 10.2. The van der Waals surface area contributed by atoms with E-state index in [1.807, 2.05) is 11.8 Å². The molecule has 0 unspecified atom stereocenters. The van der Waals surface area contributed by atoms with Gasteiger partial charge in [-0.3, -0.25) is 9.88 Å². The molecule has 0 aliphatic carbocycles. The molecule has 1 aliphatic rings. The van der Waals surface area contributed by atoms with E-state index < -0.39 is 21.7 Å². The molecule has 2 aromatic carbocycles. The van der Waals surface area contributed by atoms with Crippen molar-refractivity contribution in [3.05, 3.63) is 65.9 Å². The van der Waals surface area contributed by atoms with E-state index in [1.165, 1.54) is 16.4 Å². The van der Waals surface area contributed by atoms with Crippen LogP contribution in [0.5, 0.6) is 5.75 Å². The van der Waals surface area contributed by atoms with E-state index in [-0.39, 0.29) is 11.4 Å². The highest BCUT2D eigenvalue weighted by atomic mass is 32.2. The Morgan fingerprint density at radius 1 is 1.06 bits per heavy atom. The molecular formula is C23H25F2N3O3S. The third kappa shape index (κ3) is 4.60. The van der Waals surface area contributed by atoms with Crippen molar-refractivity contribution >= 4 is 20.9 Å². The topological polar surface area (TPSA) is 62.7 Å². The van der Waals surface area contributed by atoms with Gasteiger partial charge in [0.1, 0.15) is 22.9 Å². The van der Waals surface area contributed by atoms with Gasteiger partial charge < -0.3 is 4.74 Å². The number of ether oxygens (including phenoxy) is 1. The Balaban J connectivity index is 1.56. The smallest absolute Gasteiger partial charge is 0.243 e. The first-order valence-corrected chi connectivity index (χ1v) is 12.0. The Kier molecular flexibility index (Phi) is 6.68. The van der Waals surface area contributed by atoms with Gasteiger partial charge in [0.25, 0.3) is 0 Å². The molecular weight excluding hydrogens is 436 g/mol. The van der Waals surface area contributed by atoms with Crippen LogP contribution in [0.3, 0.4) is 0 Å². The van der Waals surface area contributed by atoms with Crippen LogP contribution < -0.4 is 4.74 Å². The summed E-state index contributed by atoms with van der Waals surface area (Å²) < 4.78 is 61.3. The molecule has 0 spiro atoms. The maximum atomic E-state index is 14.0. The zero-order chi connectivity index (χ0) is 22.7. The lowest BCUT2D eigenvalue weighted by Gasteiger charge is -2.22. The SMILES string of the molecule is CCOc1ccc(S(=O)(=O)N2CCCN(Cc3ccc(F)cc3F)CC2)c2cccnc12. The van der Waals surface area contributed by atoms with E-state index in [2.05, 4.69) is 4.98 Å². The minimum absolute atomic E-state index is 0.196. The monoisotopic (exact) mass is 461 g/mol. The van der Waals surface area contributed by atoms with Crippen molar-refractivity contribution in [2.75, 3.05) is 32.8 Å². The largest absolute Gasteiger partial charge is 0.492 e. The molecule has 1 fully saturated rings. The van der Waals surface area contributed by atoms with Gasteiger partial charge in [-0.25, -0.2) is 17.2 Å². The Morgan fingerprint density at radius 3 is 2.69 bits per heavy atom. The lowest BCUT2D eigenvalue weighted by atomic mass is 10.2. The summed E-state index contributed by atoms with van der Waals surface area (Å²) in [5.41, 5.74) is 0.907. The first kappa shape index (κ1) is 22.6. The van der Waals surface area contributed by atoms with Crippen LogP contribution in [0.4, 0.5) is 8.78 Å². The molecule has 0 radical (unpaired) electrons. The van der Waals surface area contributed by atoms with Crippen molar-refractivity contribution in [2.24, 2.45) is 0 Å². The molecule has 9 heteroatoms. The summed E-state index contributed by atoms with van der Waals surface area (Å²) in [6.45, 7) is 4.32. The number of aromatic nitrogens is 1. The number of rotatable bonds is 6. The lowest BCUT2D eigenvalue weighted by Crippen LogP contribution is -2.35. The van der Waals surface area contributed by atoms with Crippen LogP contribution in [-0.4, -0.2) is 55.4 Å². The van der Waals surface area contributed by atoms with Crippen molar-refractivity contribution in [3.63, 3.8) is 0 Å². The molecule has 3 aromatic rings. The number of benzene rings is 2. The van der Waals surface area contributed by atoms with Gasteiger partial charge in [-0.15, -0.1) is 0 Å². The summed E-state index contributed by atoms with van der Waals surface area (Å²) in [4.78, 5) is 6.52. The molecule has 32 heavy (non-hydrogen) atoms. The fraction of sp³-hybridized carbons (Fsp3) is 0.348. The lowest BCUT2D eigenvalue weighted by molar-refractivity contribution is 0.274. The summed E-state index contributed by atoms with van der Waals surface area (Å²) in [7, 11) is -3.77. The van der Waals surface area contributed by atoms with E-state index in [0.29, 0.717) is 61.4 Å². The average molecular weight is 462 g/mol. The number of nitrogens with zero attached hydrogens (tertiary/aromatic N) is 3. The van der Waals surface area contributed by atoms with Crippen molar-refractivity contribution in [2.45, 2.75) is 24.8 Å². The van der Waals surface area contributed by atoms with E-state index >= 15 is 0 Å². The molecule has 170 valence electrons. The summed E-state index contributed by atoms with van der Waals surface area (Å²) in [6.07, 6.45) is 2.22. The fourth-order valence-corrected chi connectivity index (χ4v) is 5.65. The quantitative estimate of drug-likeness (QED) is 0.559. The first-order chi connectivity index (χ1) is 15.4. The maximum absolute atomic E-state index is 14.0. The number of fused-ring (bicyclic) bond motifs is 1. The molecule has 0 atom stereocenters. The van der Waals surface area contributed by atoms with Gasteiger partial charge in [0.2, 0.25) is 10.0 Å². The second kappa shape index (κ2) is 9.48. The minimum atomic E-state index is -3.77. The molecule has 4 rings (SSSR count). The fourth-order valence-electron chi connectivity index (χ4n) is 3.99. The maximum Gasteiger partial charge on any atom is 0.243 e. The number of pyridine rings is 1. The zero-order valence-corrected chi connectivity index (χ0v) is 18.6. The van der Waals surface area contributed by atoms with Crippen LogP contribution in [0.25, 0.3) is 10.9 Å². The summed E-state index contributed by atoms with van der Waals surface area (Å²) in [5, 5.41) is 0.521. The molecule has 1 saturated heterocycles. The van der Waals surface area contributed by atoms with Crippen molar-refractivity contribution < 1.29 is 21.9 Å². The van der Waals surface area contributed by atoms with Crippen LogP contribution in [0.2, 0.25) is 0 Å². The number of halogens is 2. The second-order valence-corrected chi connectivity index (χ2v) is 9.57. The van der Waals surface area contributed by atoms with Gasteiger partial charge >= 0.3 is 0 Å². The van der Waals surface area contributed by atoms with Crippen LogP contribution in [0.15, 0.2) is 53.6 Å². The molecule has 1 aliphatic heterocycles. The Labute approximate surface area is 186 Å². The number of sulfonamides is 1. The summed E-state index contributed by atoms with van der Waals surface area (Å²) >= 11 is 0. The van der Waals surface area contributed by atoms with Crippen molar-refractivity contribution in [3.8, 4) is 5.75 Å². The van der Waals surface area contributed by atoms with Crippen LogP contribution in [0, 0.1) is 11.6 Å².